The van der Waals surface area contributed by atoms with Crippen molar-refractivity contribution < 1.29 is 14.0 Å². The molecule has 2 aromatic heterocycles. The average molecular weight is 412 g/mol. The Hall–Kier alpha value is -2.90. The van der Waals surface area contributed by atoms with Crippen LogP contribution < -0.4 is 10.6 Å². The number of furan rings is 1. The number of hydrogen-bond acceptors (Lipinski definition) is 5. The second-order valence-corrected chi connectivity index (χ2v) is 7.88. The first-order valence-electron chi connectivity index (χ1n) is 9.40. The fraction of sp³-hybridized carbons (Fsp3) is 0.273. The summed E-state index contributed by atoms with van der Waals surface area (Å²) in [6.45, 7) is 0.375. The monoisotopic (exact) mass is 411 g/mol. The Labute approximate surface area is 174 Å². The van der Waals surface area contributed by atoms with Crippen molar-refractivity contribution in [1.82, 2.24) is 15.5 Å². The molecule has 0 bridgehead atoms. The van der Waals surface area contributed by atoms with Crippen LogP contribution in [0.3, 0.4) is 0 Å². The Kier molecular flexibility index (Phi) is 7.21. The van der Waals surface area contributed by atoms with Gasteiger partial charge in [-0.05, 0) is 43.2 Å². The number of nitrogens with one attached hydrogen (secondary N) is 2. The minimum absolute atomic E-state index is 0.0978. The van der Waals surface area contributed by atoms with Crippen molar-refractivity contribution in [3.8, 4) is 0 Å². The number of carbonyl (C=O) groups excluding carboxylic acids is 2. The Morgan fingerprint density at radius 2 is 1.86 bits per heavy atom. The summed E-state index contributed by atoms with van der Waals surface area (Å²) in [7, 11) is 3.86. The molecular formula is C22H25N3O3S. The maximum Gasteiger partial charge on any atom is 0.262 e. The number of benzene rings is 1. The normalized spacial score (nSPS) is 13.1. The van der Waals surface area contributed by atoms with E-state index in [2.05, 4.69) is 10.6 Å². The van der Waals surface area contributed by atoms with E-state index in [0.29, 0.717) is 17.8 Å². The molecule has 3 rings (SSSR count). The van der Waals surface area contributed by atoms with Crippen molar-refractivity contribution in [2.45, 2.75) is 18.5 Å². The van der Waals surface area contributed by atoms with Crippen LogP contribution in [-0.4, -0.2) is 43.4 Å². The van der Waals surface area contributed by atoms with Crippen LogP contribution in [-0.2, 0) is 11.2 Å². The molecule has 0 aliphatic heterocycles. The molecule has 0 saturated carbocycles. The summed E-state index contributed by atoms with van der Waals surface area (Å²) >= 11 is 1.35. The SMILES string of the molecule is CN(C)[C@H](CNC(=O)[C@H](Cc1ccccc1)NC(=O)c1cccs1)c1ccco1. The second-order valence-electron chi connectivity index (χ2n) is 6.93. The number of thiophene rings is 1. The number of rotatable bonds is 9. The number of hydrogen-bond donors (Lipinski definition) is 2. The van der Waals surface area contributed by atoms with Gasteiger partial charge in [-0.1, -0.05) is 36.4 Å². The van der Waals surface area contributed by atoms with E-state index in [4.69, 9.17) is 4.42 Å². The fourth-order valence-electron chi connectivity index (χ4n) is 3.04. The zero-order chi connectivity index (χ0) is 20.6. The van der Waals surface area contributed by atoms with Crippen LogP contribution in [0.5, 0.6) is 0 Å². The molecule has 2 heterocycles. The minimum atomic E-state index is -0.675. The lowest BCUT2D eigenvalue weighted by molar-refractivity contribution is -0.123. The molecule has 0 saturated heterocycles. The second kappa shape index (κ2) is 10.0. The average Bonchev–Trinajstić information content (AvgIpc) is 3.42. The van der Waals surface area contributed by atoms with E-state index in [1.165, 1.54) is 11.3 Å². The van der Waals surface area contributed by atoms with Crippen LogP contribution in [0.15, 0.2) is 70.7 Å². The predicted octanol–water partition coefficient (Wildman–Crippen LogP) is 3.10. The summed E-state index contributed by atoms with van der Waals surface area (Å²) in [5.41, 5.74) is 0.981. The first kappa shape index (κ1) is 20.8. The minimum Gasteiger partial charge on any atom is -0.468 e. The summed E-state index contributed by atoms with van der Waals surface area (Å²) in [4.78, 5) is 28.1. The van der Waals surface area contributed by atoms with Gasteiger partial charge in [0, 0.05) is 13.0 Å². The maximum atomic E-state index is 13.0. The van der Waals surface area contributed by atoms with Crippen LogP contribution in [0.4, 0.5) is 0 Å². The molecule has 6 nitrogen and oxygen atoms in total. The van der Waals surface area contributed by atoms with Gasteiger partial charge in [0.05, 0.1) is 17.2 Å². The number of carbonyl (C=O) groups is 2. The standard InChI is InChI=1S/C22H25N3O3S/c1-25(2)18(19-10-6-12-28-19)15-23-21(26)17(14-16-8-4-3-5-9-16)24-22(27)20-11-7-13-29-20/h3-13,17-18H,14-15H2,1-2H3,(H,23,26)(H,24,27)/t17-,18+/m0/s1. The molecule has 0 radical (unpaired) electrons. The van der Waals surface area contributed by atoms with Crippen molar-refractivity contribution in [3.05, 3.63) is 82.4 Å². The molecule has 0 spiro atoms. The molecule has 7 heteroatoms. The van der Waals surface area contributed by atoms with E-state index >= 15 is 0 Å². The molecule has 0 unspecified atom stereocenters. The van der Waals surface area contributed by atoms with Gasteiger partial charge in [0.2, 0.25) is 5.91 Å². The number of likely N-dealkylation sites (N-methyl/N-ethyl adjacent to an activating group) is 1. The van der Waals surface area contributed by atoms with Crippen LogP contribution in [0.1, 0.15) is 27.0 Å². The van der Waals surface area contributed by atoms with E-state index < -0.39 is 6.04 Å². The van der Waals surface area contributed by atoms with Gasteiger partial charge < -0.3 is 15.1 Å². The highest BCUT2D eigenvalue weighted by Crippen LogP contribution is 2.17. The molecule has 152 valence electrons. The summed E-state index contributed by atoms with van der Waals surface area (Å²) in [5.74, 6) is 0.306. The Morgan fingerprint density at radius 1 is 1.07 bits per heavy atom. The van der Waals surface area contributed by atoms with Gasteiger partial charge in [0.15, 0.2) is 0 Å². The van der Waals surface area contributed by atoms with Gasteiger partial charge >= 0.3 is 0 Å². The summed E-state index contributed by atoms with van der Waals surface area (Å²) in [6.07, 6.45) is 2.03. The number of nitrogens with zero attached hydrogens (tertiary/aromatic N) is 1. The molecule has 2 atom stereocenters. The summed E-state index contributed by atoms with van der Waals surface area (Å²) in [5, 5.41) is 7.69. The highest BCUT2D eigenvalue weighted by Gasteiger charge is 2.24. The molecule has 2 amide bonds. The summed E-state index contributed by atoms with van der Waals surface area (Å²) < 4.78 is 5.50. The highest BCUT2D eigenvalue weighted by atomic mass is 32.1. The van der Waals surface area contributed by atoms with Gasteiger partial charge in [0.25, 0.3) is 5.91 Å². The molecule has 1 aromatic carbocycles. The van der Waals surface area contributed by atoms with Gasteiger partial charge in [-0.3, -0.25) is 14.5 Å². The first-order valence-corrected chi connectivity index (χ1v) is 10.3. The zero-order valence-electron chi connectivity index (χ0n) is 16.5. The lowest BCUT2D eigenvalue weighted by atomic mass is 10.0. The lowest BCUT2D eigenvalue weighted by Crippen LogP contribution is -2.49. The van der Waals surface area contributed by atoms with E-state index in [1.807, 2.05) is 72.9 Å². The van der Waals surface area contributed by atoms with Crippen LogP contribution in [0.2, 0.25) is 0 Å². The molecular weight excluding hydrogens is 386 g/mol. The van der Waals surface area contributed by atoms with E-state index in [0.717, 1.165) is 11.3 Å². The summed E-state index contributed by atoms with van der Waals surface area (Å²) in [6, 6.07) is 16.2. The third kappa shape index (κ3) is 5.79. The van der Waals surface area contributed by atoms with Gasteiger partial charge in [-0.25, -0.2) is 0 Å². The van der Waals surface area contributed by atoms with Gasteiger partial charge in [-0.15, -0.1) is 11.3 Å². The number of amides is 2. The van der Waals surface area contributed by atoms with E-state index in [9.17, 15) is 9.59 Å². The topological polar surface area (TPSA) is 74.6 Å². The van der Waals surface area contributed by atoms with E-state index in [1.54, 1.807) is 12.3 Å². The molecule has 3 aromatic rings. The largest absolute Gasteiger partial charge is 0.468 e. The van der Waals surface area contributed by atoms with Crippen LogP contribution >= 0.6 is 11.3 Å². The van der Waals surface area contributed by atoms with E-state index in [-0.39, 0.29) is 17.9 Å². The molecule has 0 aliphatic carbocycles. The molecule has 0 aliphatic rings. The van der Waals surface area contributed by atoms with Crippen molar-refractivity contribution in [2.75, 3.05) is 20.6 Å². The van der Waals surface area contributed by atoms with Crippen LogP contribution in [0.25, 0.3) is 0 Å². The Bertz CT molecular complexity index is 893. The smallest absolute Gasteiger partial charge is 0.262 e. The van der Waals surface area contributed by atoms with Gasteiger partial charge in [-0.2, -0.15) is 0 Å². The lowest BCUT2D eigenvalue weighted by Gasteiger charge is -2.24. The van der Waals surface area contributed by atoms with Crippen molar-refractivity contribution in [3.63, 3.8) is 0 Å². The van der Waals surface area contributed by atoms with Crippen molar-refractivity contribution in [2.24, 2.45) is 0 Å². The Balaban J connectivity index is 1.70. The highest BCUT2D eigenvalue weighted by molar-refractivity contribution is 7.12. The zero-order valence-corrected chi connectivity index (χ0v) is 17.3. The van der Waals surface area contributed by atoms with Crippen molar-refractivity contribution in [1.29, 1.82) is 0 Å². The third-order valence-electron chi connectivity index (χ3n) is 4.61. The maximum absolute atomic E-state index is 13.0. The quantitative estimate of drug-likeness (QED) is 0.567. The van der Waals surface area contributed by atoms with Gasteiger partial charge in [0.1, 0.15) is 11.8 Å². The molecule has 0 fully saturated rings. The van der Waals surface area contributed by atoms with Crippen LogP contribution in [0, 0.1) is 0 Å². The Morgan fingerprint density at radius 3 is 2.48 bits per heavy atom. The first-order chi connectivity index (χ1) is 14.0. The predicted molar refractivity (Wildman–Crippen MR) is 114 cm³/mol. The van der Waals surface area contributed by atoms with Crippen molar-refractivity contribution >= 4 is 23.2 Å². The molecule has 2 N–H and O–H groups in total. The molecule has 29 heavy (non-hydrogen) atoms. The fourth-order valence-corrected chi connectivity index (χ4v) is 3.66. The third-order valence-corrected chi connectivity index (χ3v) is 5.48.